The molecule has 0 aliphatic rings. The van der Waals surface area contributed by atoms with Crippen molar-refractivity contribution in [2.45, 2.75) is 19.5 Å². The Morgan fingerprint density at radius 1 is 1.30 bits per heavy atom. The number of nitrogens with one attached hydrogen (secondary N) is 1. The van der Waals surface area contributed by atoms with Gasteiger partial charge in [0, 0.05) is 17.6 Å². The molecule has 1 unspecified atom stereocenters. The van der Waals surface area contributed by atoms with Crippen LogP contribution in [0.4, 0.5) is 0 Å². The molecule has 0 fully saturated rings. The highest BCUT2D eigenvalue weighted by molar-refractivity contribution is 6.30. The monoisotopic (exact) mass is 290 g/mol. The van der Waals surface area contributed by atoms with Gasteiger partial charge in [-0.05, 0) is 36.8 Å². The number of carbonyl (C=O) groups is 1. The number of pyridine rings is 1. The lowest BCUT2D eigenvalue weighted by atomic mass is 10.1. The molecule has 0 bridgehead atoms. The molecule has 1 heterocycles. The third-order valence-corrected chi connectivity index (χ3v) is 3.24. The van der Waals surface area contributed by atoms with Crippen molar-refractivity contribution in [3.05, 3.63) is 64.4 Å². The third kappa shape index (κ3) is 3.79. The van der Waals surface area contributed by atoms with Crippen molar-refractivity contribution in [2.75, 3.05) is 0 Å². The summed E-state index contributed by atoms with van der Waals surface area (Å²) >= 11 is 5.85. The van der Waals surface area contributed by atoms with Gasteiger partial charge in [0.15, 0.2) is 0 Å². The summed E-state index contributed by atoms with van der Waals surface area (Å²) in [6.45, 7) is 2.54. The molecule has 5 heteroatoms. The Hall–Kier alpha value is -1.91. The van der Waals surface area contributed by atoms with Crippen molar-refractivity contribution in [3.63, 3.8) is 0 Å². The summed E-state index contributed by atoms with van der Waals surface area (Å²) in [4.78, 5) is 14.9. The van der Waals surface area contributed by atoms with E-state index in [1.807, 2.05) is 31.2 Å². The van der Waals surface area contributed by atoms with Crippen molar-refractivity contribution in [1.29, 1.82) is 0 Å². The Balaban J connectivity index is 1.99. The Kier molecular flexibility index (Phi) is 4.71. The van der Waals surface area contributed by atoms with E-state index in [-0.39, 0.29) is 11.7 Å². The van der Waals surface area contributed by atoms with Gasteiger partial charge in [-0.2, -0.15) is 0 Å². The quantitative estimate of drug-likeness (QED) is 0.887. The van der Waals surface area contributed by atoms with Crippen molar-refractivity contribution < 1.29 is 9.90 Å². The van der Waals surface area contributed by atoms with Crippen LogP contribution in [0.1, 0.15) is 34.7 Å². The lowest BCUT2D eigenvalue weighted by molar-refractivity contribution is 0.0690. The molecule has 0 spiro atoms. The van der Waals surface area contributed by atoms with E-state index < -0.39 is 5.97 Å². The summed E-state index contributed by atoms with van der Waals surface area (Å²) in [5.74, 6) is -1.02. The molecule has 1 atom stereocenters. The predicted octanol–water partition coefficient (Wildman–Crippen LogP) is 3.28. The minimum absolute atomic E-state index is 0.0587. The molecule has 0 amide bonds. The molecule has 0 saturated carbocycles. The SMILES string of the molecule is CC(NCc1cccc(C(=O)O)n1)c1ccc(Cl)cc1. The second-order valence-electron chi connectivity index (χ2n) is 4.47. The molecule has 0 aliphatic heterocycles. The standard InChI is InChI=1S/C15H15ClN2O2/c1-10(11-5-7-12(16)8-6-11)17-9-13-3-2-4-14(18-13)15(19)20/h2-8,10,17H,9H2,1H3,(H,19,20). The van der Waals surface area contributed by atoms with Crippen LogP contribution in [0.25, 0.3) is 0 Å². The number of halogens is 1. The summed E-state index contributed by atoms with van der Waals surface area (Å²) in [7, 11) is 0. The van der Waals surface area contributed by atoms with Gasteiger partial charge in [-0.15, -0.1) is 0 Å². The van der Waals surface area contributed by atoms with Crippen LogP contribution in [0.5, 0.6) is 0 Å². The highest BCUT2D eigenvalue weighted by atomic mass is 35.5. The number of carboxylic acid groups (broad SMARTS) is 1. The molecule has 2 N–H and O–H groups in total. The topological polar surface area (TPSA) is 62.2 Å². The lowest BCUT2D eigenvalue weighted by Gasteiger charge is -2.14. The van der Waals surface area contributed by atoms with Gasteiger partial charge in [-0.3, -0.25) is 0 Å². The minimum atomic E-state index is -1.02. The molecular weight excluding hydrogens is 276 g/mol. The molecule has 1 aromatic carbocycles. The number of hydrogen-bond acceptors (Lipinski definition) is 3. The van der Waals surface area contributed by atoms with E-state index in [0.717, 1.165) is 5.56 Å². The van der Waals surface area contributed by atoms with E-state index in [0.29, 0.717) is 17.3 Å². The van der Waals surface area contributed by atoms with E-state index in [2.05, 4.69) is 10.3 Å². The summed E-state index contributed by atoms with van der Waals surface area (Å²) < 4.78 is 0. The van der Waals surface area contributed by atoms with E-state index in [9.17, 15) is 4.79 Å². The van der Waals surface area contributed by atoms with Crippen LogP contribution in [0.2, 0.25) is 5.02 Å². The van der Waals surface area contributed by atoms with Crippen LogP contribution >= 0.6 is 11.6 Å². The van der Waals surface area contributed by atoms with Gasteiger partial charge in [0.25, 0.3) is 0 Å². The first-order valence-electron chi connectivity index (χ1n) is 6.24. The first kappa shape index (κ1) is 14.5. The Bertz CT molecular complexity index is 599. The van der Waals surface area contributed by atoms with Crippen molar-refractivity contribution in [1.82, 2.24) is 10.3 Å². The van der Waals surface area contributed by atoms with E-state index in [1.165, 1.54) is 6.07 Å². The molecule has 104 valence electrons. The molecule has 2 rings (SSSR count). The first-order valence-corrected chi connectivity index (χ1v) is 6.62. The number of aromatic nitrogens is 1. The second kappa shape index (κ2) is 6.50. The number of carboxylic acids is 1. The molecule has 0 saturated heterocycles. The minimum Gasteiger partial charge on any atom is -0.477 e. The summed E-state index contributed by atoms with van der Waals surface area (Å²) in [5, 5.41) is 12.9. The third-order valence-electron chi connectivity index (χ3n) is 2.99. The van der Waals surface area contributed by atoms with Crippen LogP contribution in [0.15, 0.2) is 42.5 Å². The maximum Gasteiger partial charge on any atom is 0.354 e. The number of aromatic carboxylic acids is 1. The highest BCUT2D eigenvalue weighted by Crippen LogP contribution is 2.16. The van der Waals surface area contributed by atoms with Gasteiger partial charge in [-0.25, -0.2) is 9.78 Å². The second-order valence-corrected chi connectivity index (χ2v) is 4.91. The fourth-order valence-corrected chi connectivity index (χ4v) is 1.95. The molecule has 20 heavy (non-hydrogen) atoms. The van der Waals surface area contributed by atoms with Crippen molar-refractivity contribution >= 4 is 17.6 Å². The normalized spacial score (nSPS) is 12.1. The number of rotatable bonds is 5. The smallest absolute Gasteiger partial charge is 0.354 e. The average molecular weight is 291 g/mol. The van der Waals surface area contributed by atoms with Gasteiger partial charge in [0.1, 0.15) is 5.69 Å². The van der Waals surface area contributed by atoms with Crippen molar-refractivity contribution in [3.8, 4) is 0 Å². The number of benzene rings is 1. The average Bonchev–Trinajstić information content (AvgIpc) is 2.46. The zero-order valence-corrected chi connectivity index (χ0v) is 11.8. The summed E-state index contributed by atoms with van der Waals surface area (Å²) in [6.07, 6.45) is 0. The zero-order chi connectivity index (χ0) is 14.5. The van der Waals surface area contributed by atoms with E-state index >= 15 is 0 Å². The van der Waals surface area contributed by atoms with Crippen molar-refractivity contribution in [2.24, 2.45) is 0 Å². The van der Waals surface area contributed by atoms with Gasteiger partial charge in [0.2, 0.25) is 0 Å². The molecule has 4 nitrogen and oxygen atoms in total. The molecule has 0 aliphatic carbocycles. The van der Waals surface area contributed by atoms with Crippen LogP contribution in [0, 0.1) is 0 Å². The fraction of sp³-hybridized carbons (Fsp3) is 0.200. The lowest BCUT2D eigenvalue weighted by Crippen LogP contribution is -2.19. The van der Waals surface area contributed by atoms with Gasteiger partial charge in [0.05, 0.1) is 5.69 Å². The van der Waals surface area contributed by atoms with Crippen LogP contribution in [0.3, 0.4) is 0 Å². The Morgan fingerprint density at radius 3 is 2.65 bits per heavy atom. The van der Waals surface area contributed by atoms with Gasteiger partial charge < -0.3 is 10.4 Å². The molecule has 1 aromatic heterocycles. The highest BCUT2D eigenvalue weighted by Gasteiger charge is 2.07. The maximum atomic E-state index is 10.8. The predicted molar refractivity (Wildman–Crippen MR) is 77.9 cm³/mol. The largest absolute Gasteiger partial charge is 0.477 e. The van der Waals surface area contributed by atoms with Crippen LogP contribution in [-0.2, 0) is 6.54 Å². The first-order chi connectivity index (χ1) is 9.56. The van der Waals surface area contributed by atoms with Crippen LogP contribution in [-0.4, -0.2) is 16.1 Å². The summed E-state index contributed by atoms with van der Waals surface area (Å²) in [5.41, 5.74) is 1.87. The van der Waals surface area contributed by atoms with Crippen LogP contribution < -0.4 is 5.32 Å². The number of nitrogens with zero attached hydrogens (tertiary/aromatic N) is 1. The van der Waals surface area contributed by atoms with Gasteiger partial charge >= 0.3 is 5.97 Å². The fourth-order valence-electron chi connectivity index (χ4n) is 1.82. The molecule has 0 radical (unpaired) electrons. The molecule has 2 aromatic rings. The molecular formula is C15H15ClN2O2. The summed E-state index contributed by atoms with van der Waals surface area (Å²) in [6, 6.07) is 12.7. The maximum absolute atomic E-state index is 10.8. The van der Waals surface area contributed by atoms with E-state index in [1.54, 1.807) is 12.1 Å². The number of hydrogen-bond donors (Lipinski definition) is 2. The van der Waals surface area contributed by atoms with Gasteiger partial charge in [-0.1, -0.05) is 29.8 Å². The zero-order valence-electron chi connectivity index (χ0n) is 11.0. The Morgan fingerprint density at radius 2 is 2.00 bits per heavy atom. The van der Waals surface area contributed by atoms with E-state index in [4.69, 9.17) is 16.7 Å². The Labute approximate surface area is 122 Å².